The molecule has 1 aromatic heterocycles. The molecule has 1 fully saturated rings. The first-order chi connectivity index (χ1) is 13.3. The van der Waals surface area contributed by atoms with Gasteiger partial charge in [-0.3, -0.25) is 9.69 Å². The number of rotatable bonds is 6. The highest BCUT2D eigenvalue weighted by Crippen LogP contribution is 2.24. The fraction of sp³-hybridized carbons (Fsp3) is 0.500. The number of alkyl halides is 2. The van der Waals surface area contributed by atoms with E-state index < -0.39 is 6.43 Å². The predicted molar refractivity (Wildman–Crippen MR) is 101 cm³/mol. The Bertz CT molecular complexity index is 796. The Morgan fingerprint density at radius 3 is 2.43 bits per heavy atom. The van der Waals surface area contributed by atoms with Crippen molar-refractivity contribution >= 4 is 5.91 Å². The molecule has 0 unspecified atom stereocenters. The average Bonchev–Trinajstić information content (AvgIpc) is 3.09. The number of likely N-dealkylation sites (tertiary alicyclic amines) is 1. The SMILES string of the molecule is CC(C)c1c(C(=O)NC2CCN(CC(F)F)CC2)cnn1-c1ccc(F)cc1. The van der Waals surface area contributed by atoms with Crippen LogP contribution in [0.2, 0.25) is 0 Å². The van der Waals surface area contributed by atoms with E-state index in [1.165, 1.54) is 18.3 Å². The average molecular weight is 394 g/mol. The summed E-state index contributed by atoms with van der Waals surface area (Å²) < 4.78 is 39.9. The van der Waals surface area contributed by atoms with Crippen LogP contribution in [-0.4, -0.2) is 52.7 Å². The number of carbonyl (C=O) groups is 1. The molecule has 0 bridgehead atoms. The highest BCUT2D eigenvalue weighted by Gasteiger charge is 2.26. The summed E-state index contributed by atoms with van der Waals surface area (Å²) in [4.78, 5) is 14.6. The van der Waals surface area contributed by atoms with E-state index in [9.17, 15) is 18.0 Å². The van der Waals surface area contributed by atoms with Gasteiger partial charge in [0.15, 0.2) is 0 Å². The van der Waals surface area contributed by atoms with Crippen LogP contribution in [0.25, 0.3) is 5.69 Å². The van der Waals surface area contributed by atoms with E-state index in [4.69, 9.17) is 0 Å². The first-order valence-electron chi connectivity index (χ1n) is 9.50. The van der Waals surface area contributed by atoms with Gasteiger partial charge in [-0.15, -0.1) is 0 Å². The number of nitrogens with one attached hydrogen (secondary N) is 1. The summed E-state index contributed by atoms with van der Waals surface area (Å²) in [5.41, 5.74) is 1.91. The van der Waals surface area contributed by atoms with Gasteiger partial charge in [0.05, 0.1) is 29.7 Å². The number of benzene rings is 1. The van der Waals surface area contributed by atoms with E-state index in [2.05, 4.69) is 10.4 Å². The van der Waals surface area contributed by atoms with Crippen molar-refractivity contribution in [3.63, 3.8) is 0 Å². The zero-order valence-electron chi connectivity index (χ0n) is 16.0. The summed E-state index contributed by atoms with van der Waals surface area (Å²) in [5.74, 6) is -0.524. The summed E-state index contributed by atoms with van der Waals surface area (Å²) in [6.07, 6.45) is 0.473. The van der Waals surface area contributed by atoms with Crippen molar-refractivity contribution in [1.29, 1.82) is 0 Å². The van der Waals surface area contributed by atoms with E-state index in [0.717, 1.165) is 5.69 Å². The van der Waals surface area contributed by atoms with Crippen LogP contribution in [0, 0.1) is 5.82 Å². The van der Waals surface area contributed by atoms with Crippen LogP contribution < -0.4 is 5.32 Å². The molecular formula is C20H25F3N4O. The normalized spacial score (nSPS) is 16.1. The lowest BCUT2D eigenvalue weighted by molar-refractivity contribution is 0.0696. The van der Waals surface area contributed by atoms with Crippen molar-refractivity contribution in [2.24, 2.45) is 0 Å². The van der Waals surface area contributed by atoms with Gasteiger partial charge in [0.25, 0.3) is 12.3 Å². The first-order valence-corrected chi connectivity index (χ1v) is 9.50. The quantitative estimate of drug-likeness (QED) is 0.815. The van der Waals surface area contributed by atoms with Gasteiger partial charge >= 0.3 is 0 Å². The molecule has 1 aliphatic heterocycles. The smallest absolute Gasteiger partial charge is 0.255 e. The van der Waals surface area contributed by atoms with Crippen LogP contribution in [0.3, 0.4) is 0 Å². The maximum absolute atomic E-state index is 13.2. The van der Waals surface area contributed by atoms with E-state index in [0.29, 0.717) is 37.2 Å². The van der Waals surface area contributed by atoms with Gasteiger partial charge in [0.1, 0.15) is 5.82 Å². The van der Waals surface area contributed by atoms with E-state index in [1.54, 1.807) is 21.7 Å². The van der Waals surface area contributed by atoms with Crippen LogP contribution in [0.15, 0.2) is 30.5 Å². The van der Waals surface area contributed by atoms with Crippen LogP contribution in [0.4, 0.5) is 13.2 Å². The molecule has 0 atom stereocenters. The maximum atomic E-state index is 13.2. The van der Waals surface area contributed by atoms with Crippen LogP contribution in [-0.2, 0) is 0 Å². The zero-order chi connectivity index (χ0) is 20.3. The lowest BCUT2D eigenvalue weighted by Crippen LogP contribution is -2.45. The summed E-state index contributed by atoms with van der Waals surface area (Å²) in [5, 5.41) is 7.35. The Hall–Kier alpha value is -2.35. The highest BCUT2D eigenvalue weighted by atomic mass is 19.3. The van der Waals surface area contributed by atoms with Gasteiger partial charge in [-0.1, -0.05) is 13.8 Å². The van der Waals surface area contributed by atoms with E-state index >= 15 is 0 Å². The molecule has 1 aromatic carbocycles. The molecule has 1 amide bonds. The maximum Gasteiger partial charge on any atom is 0.255 e. The number of hydrogen-bond donors (Lipinski definition) is 1. The van der Waals surface area contributed by atoms with Gasteiger partial charge in [0, 0.05) is 19.1 Å². The van der Waals surface area contributed by atoms with Crippen LogP contribution in [0.5, 0.6) is 0 Å². The van der Waals surface area contributed by atoms with Crippen LogP contribution in [0.1, 0.15) is 48.7 Å². The molecule has 152 valence electrons. The number of piperidine rings is 1. The minimum absolute atomic E-state index is 0.0289. The second-order valence-corrected chi connectivity index (χ2v) is 7.43. The Labute approximate surface area is 162 Å². The minimum atomic E-state index is -2.34. The fourth-order valence-corrected chi connectivity index (χ4v) is 3.59. The lowest BCUT2D eigenvalue weighted by atomic mass is 10.0. The van der Waals surface area contributed by atoms with Crippen molar-refractivity contribution in [2.75, 3.05) is 19.6 Å². The molecule has 5 nitrogen and oxygen atoms in total. The topological polar surface area (TPSA) is 50.2 Å². The number of aromatic nitrogens is 2. The Kier molecular flexibility index (Phi) is 6.39. The third-order valence-electron chi connectivity index (χ3n) is 4.99. The summed E-state index contributed by atoms with van der Waals surface area (Å²) in [6.45, 7) is 4.80. The minimum Gasteiger partial charge on any atom is -0.349 e. The monoisotopic (exact) mass is 394 g/mol. The summed E-state index contributed by atoms with van der Waals surface area (Å²) in [6, 6.07) is 5.90. The predicted octanol–water partition coefficient (Wildman–Crippen LogP) is 3.59. The molecule has 3 rings (SSSR count). The second kappa shape index (κ2) is 8.77. The summed E-state index contributed by atoms with van der Waals surface area (Å²) in [7, 11) is 0. The van der Waals surface area contributed by atoms with Crippen molar-refractivity contribution in [1.82, 2.24) is 20.0 Å². The second-order valence-electron chi connectivity index (χ2n) is 7.43. The van der Waals surface area contributed by atoms with Crippen molar-refractivity contribution in [2.45, 2.75) is 45.1 Å². The van der Waals surface area contributed by atoms with Crippen molar-refractivity contribution in [3.8, 4) is 5.69 Å². The number of hydrogen-bond acceptors (Lipinski definition) is 3. The first kappa shape index (κ1) is 20.4. The van der Waals surface area contributed by atoms with Gasteiger partial charge in [-0.2, -0.15) is 5.10 Å². The summed E-state index contributed by atoms with van der Waals surface area (Å²) >= 11 is 0. The molecule has 28 heavy (non-hydrogen) atoms. The fourth-order valence-electron chi connectivity index (χ4n) is 3.59. The number of nitrogens with zero attached hydrogens (tertiary/aromatic N) is 3. The Morgan fingerprint density at radius 2 is 1.86 bits per heavy atom. The van der Waals surface area contributed by atoms with E-state index in [-0.39, 0.29) is 30.2 Å². The van der Waals surface area contributed by atoms with Crippen molar-refractivity contribution in [3.05, 3.63) is 47.5 Å². The number of amides is 1. The Morgan fingerprint density at radius 1 is 1.21 bits per heavy atom. The molecule has 2 aromatic rings. The highest BCUT2D eigenvalue weighted by molar-refractivity contribution is 5.95. The van der Waals surface area contributed by atoms with Gasteiger partial charge in [-0.25, -0.2) is 17.9 Å². The standard InChI is InChI=1S/C20H25F3N4O/c1-13(2)19-17(11-24-27(19)16-5-3-14(21)4-6-16)20(28)25-15-7-9-26(10-8-15)12-18(22)23/h3-6,11,13,15,18H,7-10,12H2,1-2H3,(H,25,28). The van der Waals surface area contributed by atoms with Crippen LogP contribution >= 0.6 is 0 Å². The number of carbonyl (C=O) groups excluding carboxylic acids is 1. The molecule has 1 aliphatic rings. The molecule has 8 heteroatoms. The zero-order valence-corrected chi connectivity index (χ0v) is 16.0. The van der Waals surface area contributed by atoms with Gasteiger partial charge < -0.3 is 5.32 Å². The molecule has 0 saturated carbocycles. The third-order valence-corrected chi connectivity index (χ3v) is 4.99. The van der Waals surface area contributed by atoms with Crippen molar-refractivity contribution < 1.29 is 18.0 Å². The Balaban J connectivity index is 1.71. The van der Waals surface area contributed by atoms with E-state index in [1.807, 2.05) is 13.8 Å². The molecular weight excluding hydrogens is 369 g/mol. The molecule has 1 saturated heterocycles. The lowest BCUT2D eigenvalue weighted by Gasteiger charge is -2.32. The largest absolute Gasteiger partial charge is 0.349 e. The third kappa shape index (κ3) is 4.73. The van der Waals surface area contributed by atoms with Gasteiger partial charge in [-0.05, 0) is 43.0 Å². The molecule has 2 heterocycles. The molecule has 1 N–H and O–H groups in total. The van der Waals surface area contributed by atoms with Gasteiger partial charge in [0.2, 0.25) is 0 Å². The number of halogens is 3. The molecule has 0 aliphatic carbocycles. The molecule has 0 radical (unpaired) electrons. The molecule has 0 spiro atoms.